The summed E-state index contributed by atoms with van der Waals surface area (Å²) in [7, 11) is 0. The van der Waals surface area contributed by atoms with Crippen molar-refractivity contribution in [2.45, 2.75) is 64.5 Å². The zero-order chi connectivity index (χ0) is 12.3. The van der Waals surface area contributed by atoms with E-state index in [1.165, 1.54) is 31.5 Å². The zero-order valence-electron chi connectivity index (χ0n) is 11.2. The van der Waals surface area contributed by atoms with Crippen LogP contribution in [0.2, 0.25) is 0 Å². The molecular weight excluding hydrogens is 212 g/mol. The van der Waals surface area contributed by atoms with Crippen LogP contribution in [0, 0.1) is 5.92 Å². The Labute approximate surface area is 105 Å². The van der Waals surface area contributed by atoms with Crippen LogP contribution in [0.4, 0.5) is 0 Å². The molecule has 3 heteroatoms. The molecule has 0 saturated heterocycles. The maximum Gasteiger partial charge on any atom is 0.0962 e. The molecule has 1 heterocycles. The first kappa shape index (κ1) is 12.9. The minimum atomic E-state index is -0.114. The Morgan fingerprint density at radius 1 is 1.35 bits per heavy atom. The van der Waals surface area contributed by atoms with Crippen LogP contribution < -0.4 is 0 Å². The molecule has 3 nitrogen and oxygen atoms in total. The second-order valence-corrected chi connectivity index (χ2v) is 5.56. The number of aliphatic hydroxyl groups excluding tert-OH is 1. The van der Waals surface area contributed by atoms with Gasteiger partial charge in [-0.25, -0.2) is 0 Å². The van der Waals surface area contributed by atoms with Gasteiger partial charge in [-0.1, -0.05) is 26.2 Å². The van der Waals surface area contributed by atoms with Crippen molar-refractivity contribution >= 4 is 5.84 Å². The molecule has 0 bridgehead atoms. The Morgan fingerprint density at radius 3 is 2.82 bits per heavy atom. The van der Waals surface area contributed by atoms with E-state index in [0.717, 1.165) is 25.9 Å². The van der Waals surface area contributed by atoms with E-state index >= 15 is 0 Å². The molecule has 0 aromatic rings. The first-order chi connectivity index (χ1) is 8.22. The van der Waals surface area contributed by atoms with Crippen molar-refractivity contribution in [3.05, 3.63) is 0 Å². The number of hydrogen-bond donors (Lipinski definition) is 1. The fraction of sp³-hybridized carbons (Fsp3) is 0.929. The van der Waals surface area contributed by atoms with E-state index in [9.17, 15) is 5.11 Å². The molecule has 3 atom stereocenters. The van der Waals surface area contributed by atoms with E-state index in [1.807, 2.05) is 0 Å². The van der Waals surface area contributed by atoms with E-state index in [1.54, 1.807) is 0 Å². The van der Waals surface area contributed by atoms with Crippen LogP contribution in [0.25, 0.3) is 0 Å². The van der Waals surface area contributed by atoms with E-state index in [0.29, 0.717) is 12.0 Å². The Hall–Kier alpha value is -0.570. The monoisotopic (exact) mass is 238 g/mol. The zero-order valence-corrected chi connectivity index (χ0v) is 11.2. The molecule has 0 aromatic carbocycles. The highest BCUT2D eigenvalue weighted by Gasteiger charge is 2.34. The van der Waals surface area contributed by atoms with Crippen LogP contribution in [-0.2, 0) is 0 Å². The largest absolute Gasteiger partial charge is 0.393 e. The number of aliphatic hydroxyl groups is 1. The second kappa shape index (κ2) is 5.85. The summed E-state index contributed by atoms with van der Waals surface area (Å²) in [5.41, 5.74) is 0. The molecule has 0 amide bonds. The topological polar surface area (TPSA) is 35.8 Å². The Balaban J connectivity index is 1.91. The maximum atomic E-state index is 10.1. The fourth-order valence-electron chi connectivity index (χ4n) is 3.14. The molecule has 2 aliphatic rings. The standard InChI is InChI=1S/C14H26N2O/c1-3-4-9-16-10-13(15-11(16)2)12-7-5-6-8-14(12)17/h12-14,17H,3-10H2,1-2H3. The van der Waals surface area contributed by atoms with Gasteiger partial charge in [-0.2, -0.15) is 0 Å². The van der Waals surface area contributed by atoms with E-state index in [-0.39, 0.29) is 6.10 Å². The third kappa shape index (κ3) is 3.01. The van der Waals surface area contributed by atoms with Crippen LogP contribution in [0.3, 0.4) is 0 Å². The smallest absolute Gasteiger partial charge is 0.0962 e. The van der Waals surface area contributed by atoms with Crippen molar-refractivity contribution in [3.8, 4) is 0 Å². The van der Waals surface area contributed by atoms with Crippen molar-refractivity contribution in [1.29, 1.82) is 0 Å². The predicted octanol–water partition coefficient (Wildman–Crippen LogP) is 2.44. The lowest BCUT2D eigenvalue weighted by Crippen LogP contribution is -2.37. The predicted molar refractivity (Wildman–Crippen MR) is 71.3 cm³/mol. The lowest BCUT2D eigenvalue weighted by molar-refractivity contribution is 0.0555. The average molecular weight is 238 g/mol. The third-order valence-electron chi connectivity index (χ3n) is 4.28. The number of rotatable bonds is 4. The molecule has 17 heavy (non-hydrogen) atoms. The molecule has 1 aliphatic carbocycles. The number of amidine groups is 1. The lowest BCUT2D eigenvalue weighted by atomic mass is 9.82. The van der Waals surface area contributed by atoms with Gasteiger partial charge in [0.15, 0.2) is 0 Å². The van der Waals surface area contributed by atoms with Gasteiger partial charge in [0.05, 0.1) is 18.0 Å². The molecular formula is C14H26N2O. The SMILES string of the molecule is CCCCN1CC(C2CCCCC2O)N=C1C. The summed E-state index contributed by atoms with van der Waals surface area (Å²) in [6.45, 7) is 6.51. The summed E-state index contributed by atoms with van der Waals surface area (Å²) in [6.07, 6.45) is 6.95. The van der Waals surface area contributed by atoms with Crippen LogP contribution in [0.1, 0.15) is 52.4 Å². The third-order valence-corrected chi connectivity index (χ3v) is 4.28. The molecule has 1 fully saturated rings. The molecule has 0 spiro atoms. The molecule has 1 aliphatic heterocycles. The molecule has 3 unspecified atom stereocenters. The van der Waals surface area contributed by atoms with E-state index in [4.69, 9.17) is 4.99 Å². The first-order valence-electron chi connectivity index (χ1n) is 7.19. The highest BCUT2D eigenvalue weighted by Crippen LogP contribution is 2.31. The van der Waals surface area contributed by atoms with Crippen LogP contribution >= 0.6 is 0 Å². The quantitative estimate of drug-likeness (QED) is 0.816. The average Bonchev–Trinajstić information content (AvgIpc) is 2.68. The Morgan fingerprint density at radius 2 is 2.12 bits per heavy atom. The molecule has 98 valence electrons. The number of unbranched alkanes of at least 4 members (excludes halogenated alkanes) is 1. The summed E-state index contributed by atoms with van der Waals surface area (Å²) in [5, 5.41) is 10.1. The van der Waals surface area contributed by atoms with Gasteiger partial charge in [0.1, 0.15) is 0 Å². The maximum absolute atomic E-state index is 10.1. The van der Waals surface area contributed by atoms with E-state index < -0.39 is 0 Å². The number of hydrogen-bond acceptors (Lipinski definition) is 3. The summed E-state index contributed by atoms with van der Waals surface area (Å²) in [4.78, 5) is 7.18. The fourth-order valence-corrected chi connectivity index (χ4v) is 3.14. The normalized spacial score (nSPS) is 33.9. The van der Waals surface area contributed by atoms with Gasteiger partial charge in [-0.05, 0) is 26.2 Å². The summed E-state index contributed by atoms with van der Waals surface area (Å²) in [6, 6.07) is 0.349. The number of nitrogens with zero attached hydrogens (tertiary/aromatic N) is 2. The van der Waals surface area contributed by atoms with Crippen molar-refractivity contribution in [3.63, 3.8) is 0 Å². The van der Waals surface area contributed by atoms with Gasteiger partial charge in [-0.15, -0.1) is 0 Å². The van der Waals surface area contributed by atoms with Gasteiger partial charge >= 0.3 is 0 Å². The van der Waals surface area contributed by atoms with Gasteiger partial charge in [-0.3, -0.25) is 4.99 Å². The van der Waals surface area contributed by atoms with Gasteiger partial charge in [0.2, 0.25) is 0 Å². The Kier molecular flexibility index (Phi) is 4.43. The Bertz CT molecular complexity index is 277. The molecule has 0 radical (unpaired) electrons. The molecule has 0 aromatic heterocycles. The van der Waals surface area contributed by atoms with Crippen LogP contribution in [-0.4, -0.2) is 41.1 Å². The highest BCUT2D eigenvalue weighted by molar-refractivity contribution is 5.81. The van der Waals surface area contributed by atoms with Crippen molar-refractivity contribution in [2.75, 3.05) is 13.1 Å². The second-order valence-electron chi connectivity index (χ2n) is 5.56. The summed E-state index contributed by atoms with van der Waals surface area (Å²) in [5.74, 6) is 1.59. The summed E-state index contributed by atoms with van der Waals surface area (Å²) >= 11 is 0. The molecule has 2 rings (SSSR count). The minimum absolute atomic E-state index is 0.114. The van der Waals surface area contributed by atoms with Gasteiger partial charge < -0.3 is 10.0 Å². The molecule has 1 N–H and O–H groups in total. The van der Waals surface area contributed by atoms with Crippen LogP contribution in [0.15, 0.2) is 4.99 Å². The lowest BCUT2D eigenvalue weighted by Gasteiger charge is -2.31. The highest BCUT2D eigenvalue weighted by atomic mass is 16.3. The van der Waals surface area contributed by atoms with Crippen molar-refractivity contribution < 1.29 is 5.11 Å². The number of aliphatic imine (C=N–C) groups is 1. The molecule has 1 saturated carbocycles. The van der Waals surface area contributed by atoms with Crippen molar-refractivity contribution in [2.24, 2.45) is 10.9 Å². The van der Waals surface area contributed by atoms with Crippen LogP contribution in [0.5, 0.6) is 0 Å². The van der Waals surface area contributed by atoms with Gasteiger partial charge in [0.25, 0.3) is 0 Å². The van der Waals surface area contributed by atoms with E-state index in [2.05, 4.69) is 18.7 Å². The minimum Gasteiger partial charge on any atom is -0.393 e. The van der Waals surface area contributed by atoms with Crippen molar-refractivity contribution in [1.82, 2.24) is 4.90 Å². The first-order valence-corrected chi connectivity index (χ1v) is 7.19. The summed E-state index contributed by atoms with van der Waals surface area (Å²) < 4.78 is 0. The van der Waals surface area contributed by atoms with Gasteiger partial charge in [0, 0.05) is 19.0 Å².